The number of ether oxygens (including phenoxy) is 1. The van der Waals surface area contributed by atoms with Gasteiger partial charge in [-0.25, -0.2) is 9.18 Å². The zero-order chi connectivity index (χ0) is 12.7. The van der Waals surface area contributed by atoms with Crippen molar-refractivity contribution >= 4 is 5.97 Å². The van der Waals surface area contributed by atoms with E-state index in [1.165, 1.54) is 12.1 Å². The molecule has 0 fully saturated rings. The van der Waals surface area contributed by atoms with Crippen molar-refractivity contribution in [3.05, 3.63) is 29.6 Å². The number of carbonyl (C=O) groups is 1. The first-order valence-corrected chi connectivity index (χ1v) is 5.18. The lowest BCUT2D eigenvalue weighted by Crippen LogP contribution is -2.06. The number of unbranched alkanes of at least 4 members (excludes halogenated alkanes) is 2. The molecule has 0 atom stereocenters. The Hall–Kier alpha value is -2.09. The van der Waals surface area contributed by atoms with Gasteiger partial charge in [-0.05, 0) is 25.0 Å². The Morgan fingerprint density at radius 3 is 2.88 bits per heavy atom. The fraction of sp³-hybridized carbons (Fsp3) is 0.333. The van der Waals surface area contributed by atoms with E-state index in [2.05, 4.69) is 0 Å². The Morgan fingerprint density at radius 1 is 1.47 bits per heavy atom. The number of halogens is 1. The zero-order valence-corrected chi connectivity index (χ0v) is 9.15. The van der Waals surface area contributed by atoms with Crippen LogP contribution in [0.4, 0.5) is 4.39 Å². The van der Waals surface area contributed by atoms with Gasteiger partial charge in [0.1, 0.15) is 5.56 Å². The molecular weight excluding hydrogens is 225 g/mol. The topological polar surface area (TPSA) is 70.3 Å². The normalized spacial score (nSPS) is 9.65. The summed E-state index contributed by atoms with van der Waals surface area (Å²) in [6, 6.07) is 5.74. The van der Waals surface area contributed by atoms with Gasteiger partial charge in [-0.1, -0.05) is 6.07 Å². The molecule has 0 heterocycles. The van der Waals surface area contributed by atoms with Crippen molar-refractivity contribution in [2.24, 2.45) is 0 Å². The molecule has 1 aromatic carbocycles. The van der Waals surface area contributed by atoms with Crippen molar-refractivity contribution in [3.8, 4) is 11.8 Å². The molecule has 5 heteroatoms. The first kappa shape index (κ1) is 13.0. The first-order valence-electron chi connectivity index (χ1n) is 5.18. The number of benzene rings is 1. The van der Waals surface area contributed by atoms with Crippen LogP contribution in [0.5, 0.6) is 5.75 Å². The fourth-order valence-corrected chi connectivity index (χ4v) is 1.30. The van der Waals surface area contributed by atoms with Gasteiger partial charge in [0.2, 0.25) is 0 Å². The third-order valence-corrected chi connectivity index (χ3v) is 2.13. The minimum Gasteiger partial charge on any atom is -0.490 e. The number of hydrogen-bond donors (Lipinski definition) is 1. The van der Waals surface area contributed by atoms with Crippen molar-refractivity contribution in [1.82, 2.24) is 0 Å². The molecule has 4 nitrogen and oxygen atoms in total. The maximum Gasteiger partial charge on any atom is 0.339 e. The minimum absolute atomic E-state index is 0.190. The molecule has 1 aromatic rings. The predicted molar refractivity (Wildman–Crippen MR) is 58.3 cm³/mol. The molecule has 0 aliphatic heterocycles. The maximum absolute atomic E-state index is 13.3. The molecule has 1 N–H and O–H groups in total. The van der Waals surface area contributed by atoms with Gasteiger partial charge in [0.25, 0.3) is 0 Å². The minimum atomic E-state index is -1.23. The molecule has 0 aromatic heterocycles. The lowest BCUT2D eigenvalue weighted by atomic mass is 10.2. The maximum atomic E-state index is 13.3. The average molecular weight is 237 g/mol. The van der Waals surface area contributed by atoms with Crippen molar-refractivity contribution in [2.75, 3.05) is 6.61 Å². The molecule has 17 heavy (non-hydrogen) atoms. The van der Waals surface area contributed by atoms with Crippen LogP contribution < -0.4 is 4.74 Å². The van der Waals surface area contributed by atoms with Crippen LogP contribution in [-0.2, 0) is 0 Å². The molecule has 1 rings (SSSR count). The van der Waals surface area contributed by atoms with Crippen LogP contribution in [0, 0.1) is 17.1 Å². The van der Waals surface area contributed by atoms with Crippen LogP contribution in [0.15, 0.2) is 18.2 Å². The van der Waals surface area contributed by atoms with Gasteiger partial charge in [0.15, 0.2) is 11.6 Å². The van der Waals surface area contributed by atoms with Crippen LogP contribution in [-0.4, -0.2) is 17.7 Å². The standard InChI is InChI=1S/C12H12FNO3/c13-10-6-4-5-9(12(15)16)11(10)17-8-3-1-2-7-14/h4-6H,1-3,8H2,(H,15,16). The summed E-state index contributed by atoms with van der Waals surface area (Å²) in [4.78, 5) is 10.8. The summed E-state index contributed by atoms with van der Waals surface area (Å²) in [5.41, 5.74) is -0.190. The van der Waals surface area contributed by atoms with E-state index in [0.29, 0.717) is 19.3 Å². The SMILES string of the molecule is N#CCCCCOc1c(F)cccc1C(=O)O. The van der Waals surface area contributed by atoms with Gasteiger partial charge in [-0.2, -0.15) is 5.26 Å². The number of nitriles is 1. The van der Waals surface area contributed by atoms with Crippen molar-refractivity contribution in [1.29, 1.82) is 5.26 Å². The summed E-state index contributed by atoms with van der Waals surface area (Å²) < 4.78 is 18.5. The number of para-hydroxylation sites is 1. The van der Waals surface area contributed by atoms with Crippen LogP contribution in [0.1, 0.15) is 29.6 Å². The summed E-state index contributed by atoms with van der Waals surface area (Å²) >= 11 is 0. The number of rotatable bonds is 6. The van der Waals surface area contributed by atoms with E-state index in [4.69, 9.17) is 15.1 Å². The second-order valence-corrected chi connectivity index (χ2v) is 3.39. The van der Waals surface area contributed by atoms with E-state index in [-0.39, 0.29) is 17.9 Å². The van der Waals surface area contributed by atoms with Crippen LogP contribution in [0.25, 0.3) is 0 Å². The molecule has 0 amide bonds. The van der Waals surface area contributed by atoms with Gasteiger partial charge >= 0.3 is 5.97 Å². The lowest BCUT2D eigenvalue weighted by molar-refractivity contribution is 0.0691. The van der Waals surface area contributed by atoms with E-state index in [1.54, 1.807) is 0 Å². The van der Waals surface area contributed by atoms with E-state index < -0.39 is 11.8 Å². The first-order chi connectivity index (χ1) is 8.16. The molecule has 0 radical (unpaired) electrons. The van der Waals surface area contributed by atoms with Crippen molar-refractivity contribution in [3.63, 3.8) is 0 Å². The second-order valence-electron chi connectivity index (χ2n) is 3.39. The predicted octanol–water partition coefficient (Wildman–Crippen LogP) is 2.60. The van der Waals surface area contributed by atoms with E-state index in [9.17, 15) is 9.18 Å². The molecule has 90 valence electrons. The Kier molecular flexibility index (Phi) is 4.95. The zero-order valence-electron chi connectivity index (χ0n) is 9.15. The summed E-state index contributed by atoms with van der Waals surface area (Å²) in [6.07, 6.45) is 1.64. The molecule has 0 bridgehead atoms. The van der Waals surface area contributed by atoms with Crippen molar-refractivity contribution < 1.29 is 19.0 Å². The number of nitrogens with zero attached hydrogens (tertiary/aromatic N) is 1. The number of carboxylic acids is 1. The second kappa shape index (κ2) is 6.48. The molecular formula is C12H12FNO3. The average Bonchev–Trinajstić information content (AvgIpc) is 2.30. The van der Waals surface area contributed by atoms with E-state index in [1.807, 2.05) is 6.07 Å². The van der Waals surface area contributed by atoms with Crippen LogP contribution in [0.2, 0.25) is 0 Å². The van der Waals surface area contributed by atoms with Crippen molar-refractivity contribution in [2.45, 2.75) is 19.3 Å². The van der Waals surface area contributed by atoms with Crippen LogP contribution in [0.3, 0.4) is 0 Å². The Balaban J connectivity index is 2.63. The lowest BCUT2D eigenvalue weighted by Gasteiger charge is -2.09. The summed E-state index contributed by atoms with van der Waals surface area (Å²) in [5.74, 6) is -2.15. The highest BCUT2D eigenvalue weighted by molar-refractivity contribution is 5.90. The number of hydrogen-bond acceptors (Lipinski definition) is 3. The third kappa shape index (κ3) is 3.76. The molecule has 0 saturated heterocycles. The highest BCUT2D eigenvalue weighted by atomic mass is 19.1. The quantitative estimate of drug-likeness (QED) is 0.772. The van der Waals surface area contributed by atoms with Gasteiger partial charge in [-0.15, -0.1) is 0 Å². The third-order valence-electron chi connectivity index (χ3n) is 2.13. The van der Waals surface area contributed by atoms with Gasteiger partial charge < -0.3 is 9.84 Å². The Labute approximate surface area is 98.2 Å². The molecule has 0 aliphatic carbocycles. The fourth-order valence-electron chi connectivity index (χ4n) is 1.30. The summed E-state index contributed by atoms with van der Waals surface area (Å²) in [7, 11) is 0. The van der Waals surface area contributed by atoms with E-state index in [0.717, 1.165) is 6.07 Å². The molecule has 0 unspecified atom stereocenters. The Morgan fingerprint density at radius 2 is 2.24 bits per heavy atom. The monoisotopic (exact) mass is 237 g/mol. The van der Waals surface area contributed by atoms with E-state index >= 15 is 0 Å². The summed E-state index contributed by atoms with van der Waals surface area (Å²) in [6.45, 7) is 0.197. The highest BCUT2D eigenvalue weighted by Gasteiger charge is 2.15. The van der Waals surface area contributed by atoms with Gasteiger partial charge in [0, 0.05) is 6.42 Å². The molecule has 0 saturated carbocycles. The number of carboxylic acid groups (broad SMARTS) is 1. The smallest absolute Gasteiger partial charge is 0.339 e. The number of aromatic carboxylic acids is 1. The molecule has 0 spiro atoms. The summed E-state index contributed by atoms with van der Waals surface area (Å²) in [5, 5.41) is 17.2. The van der Waals surface area contributed by atoms with Crippen LogP contribution >= 0.6 is 0 Å². The van der Waals surface area contributed by atoms with Gasteiger partial charge in [-0.3, -0.25) is 0 Å². The largest absolute Gasteiger partial charge is 0.490 e. The van der Waals surface area contributed by atoms with Gasteiger partial charge in [0.05, 0.1) is 12.7 Å². The Bertz CT molecular complexity index is 440. The molecule has 0 aliphatic rings. The highest BCUT2D eigenvalue weighted by Crippen LogP contribution is 2.22.